The summed E-state index contributed by atoms with van der Waals surface area (Å²) in [7, 11) is 0. The molecule has 0 unspecified atom stereocenters. The van der Waals surface area contributed by atoms with Crippen molar-refractivity contribution in [3.05, 3.63) is 58.3 Å². The van der Waals surface area contributed by atoms with Crippen molar-refractivity contribution in [1.29, 1.82) is 0 Å². The van der Waals surface area contributed by atoms with E-state index in [1.807, 2.05) is 57.6 Å². The van der Waals surface area contributed by atoms with E-state index in [0.29, 0.717) is 52.5 Å². The minimum Gasteiger partial charge on any atom is -0.378 e. The normalized spacial score (nSPS) is 19.4. The van der Waals surface area contributed by atoms with E-state index in [1.165, 1.54) is 11.3 Å². The fourth-order valence-electron chi connectivity index (χ4n) is 3.84. The van der Waals surface area contributed by atoms with Gasteiger partial charge in [-0.2, -0.15) is 0 Å². The predicted molar refractivity (Wildman–Crippen MR) is 108 cm³/mol. The quantitative estimate of drug-likeness (QED) is 0.790. The maximum absolute atomic E-state index is 13.3. The fraction of sp³-hybridized carbons (Fsp3) is 0.429. The molecule has 148 valence electrons. The van der Waals surface area contributed by atoms with Crippen LogP contribution in [0.3, 0.4) is 0 Å². The average molecular weight is 400 g/mol. The molecule has 6 nitrogen and oxygen atoms in total. The largest absolute Gasteiger partial charge is 0.378 e. The van der Waals surface area contributed by atoms with Crippen LogP contribution in [0.5, 0.6) is 0 Å². The number of benzene rings is 1. The molecule has 2 aliphatic heterocycles. The highest BCUT2D eigenvalue weighted by molar-refractivity contribution is 7.12. The second-order valence-electron chi connectivity index (χ2n) is 7.06. The Kier molecular flexibility index (Phi) is 6.04. The predicted octanol–water partition coefficient (Wildman–Crippen LogP) is 2.11. The summed E-state index contributed by atoms with van der Waals surface area (Å²) in [6.45, 7) is 5.11. The van der Waals surface area contributed by atoms with Crippen LogP contribution in [0.1, 0.15) is 21.3 Å². The summed E-state index contributed by atoms with van der Waals surface area (Å²) < 4.78 is 5.41. The van der Waals surface area contributed by atoms with Crippen LogP contribution >= 0.6 is 11.3 Å². The number of morpholine rings is 1. The highest BCUT2D eigenvalue weighted by Crippen LogP contribution is 2.26. The lowest BCUT2D eigenvalue weighted by Gasteiger charge is -2.41. The zero-order chi connectivity index (χ0) is 19.3. The van der Waals surface area contributed by atoms with Gasteiger partial charge in [-0.3, -0.25) is 14.5 Å². The molecule has 0 aliphatic carbocycles. The maximum Gasteiger partial charge on any atom is 0.264 e. The van der Waals surface area contributed by atoms with E-state index in [9.17, 15) is 9.59 Å². The Labute approximate surface area is 169 Å². The zero-order valence-corrected chi connectivity index (χ0v) is 16.6. The van der Waals surface area contributed by atoms with E-state index in [2.05, 4.69) is 4.90 Å². The maximum atomic E-state index is 13.3. The van der Waals surface area contributed by atoms with Crippen molar-refractivity contribution in [3.63, 3.8) is 0 Å². The molecule has 28 heavy (non-hydrogen) atoms. The van der Waals surface area contributed by atoms with Gasteiger partial charge in [0.25, 0.3) is 5.91 Å². The second kappa shape index (κ2) is 8.86. The van der Waals surface area contributed by atoms with E-state index in [1.54, 1.807) is 0 Å². The van der Waals surface area contributed by atoms with Gasteiger partial charge in [0.2, 0.25) is 5.91 Å². The van der Waals surface area contributed by atoms with Crippen LogP contribution in [0.2, 0.25) is 0 Å². The van der Waals surface area contributed by atoms with E-state index < -0.39 is 0 Å². The van der Waals surface area contributed by atoms with E-state index in [0.717, 1.165) is 10.4 Å². The highest BCUT2D eigenvalue weighted by atomic mass is 32.1. The number of thiophene rings is 1. The minimum atomic E-state index is -0.307. The van der Waals surface area contributed by atoms with Crippen LogP contribution in [0.25, 0.3) is 0 Å². The smallest absolute Gasteiger partial charge is 0.264 e. The van der Waals surface area contributed by atoms with E-state index >= 15 is 0 Å². The summed E-state index contributed by atoms with van der Waals surface area (Å²) in [5.41, 5.74) is 1.01. The summed E-state index contributed by atoms with van der Waals surface area (Å²) in [5.74, 6) is 0.220. The molecule has 2 aliphatic rings. The first-order valence-corrected chi connectivity index (χ1v) is 10.6. The summed E-state index contributed by atoms with van der Waals surface area (Å²) in [6.07, 6.45) is 0. The Morgan fingerprint density at radius 1 is 0.857 bits per heavy atom. The Morgan fingerprint density at radius 3 is 2.21 bits per heavy atom. The molecule has 0 bridgehead atoms. The molecule has 7 heteroatoms. The third kappa shape index (κ3) is 4.11. The van der Waals surface area contributed by atoms with Crippen molar-refractivity contribution in [2.45, 2.75) is 6.04 Å². The standard InChI is InChI=1S/C21H25N3O3S/c25-20(18-7-4-16-28-18)23-10-8-22(9-11-23)19(17-5-2-1-3-6-17)21(26)24-12-14-27-15-13-24/h1-7,16,19H,8-15H2/t19-/m1/s1. The summed E-state index contributed by atoms with van der Waals surface area (Å²) in [6, 6.07) is 13.4. The third-order valence-corrected chi connectivity index (χ3v) is 6.23. The number of nitrogens with zero attached hydrogens (tertiary/aromatic N) is 3. The van der Waals surface area contributed by atoms with Crippen molar-refractivity contribution in [2.24, 2.45) is 0 Å². The fourth-order valence-corrected chi connectivity index (χ4v) is 4.53. The van der Waals surface area contributed by atoms with Gasteiger partial charge in [-0.1, -0.05) is 36.4 Å². The molecule has 4 rings (SSSR count). The van der Waals surface area contributed by atoms with Crippen LogP contribution in [0.4, 0.5) is 0 Å². The molecular weight excluding hydrogens is 374 g/mol. The Morgan fingerprint density at radius 2 is 1.57 bits per heavy atom. The van der Waals surface area contributed by atoms with Crippen LogP contribution in [-0.2, 0) is 9.53 Å². The number of hydrogen-bond acceptors (Lipinski definition) is 5. The molecule has 1 atom stereocenters. The van der Waals surface area contributed by atoms with Gasteiger partial charge in [-0.25, -0.2) is 0 Å². The number of rotatable bonds is 4. The summed E-state index contributed by atoms with van der Waals surface area (Å²) in [4.78, 5) is 32.8. The first-order chi connectivity index (χ1) is 13.7. The summed E-state index contributed by atoms with van der Waals surface area (Å²) >= 11 is 1.47. The Hall–Kier alpha value is -2.22. The first kappa shape index (κ1) is 19.1. The molecule has 0 radical (unpaired) electrons. The molecule has 2 saturated heterocycles. The molecule has 2 aromatic rings. The SMILES string of the molecule is O=C(c1cccs1)N1CCN([C@@H](C(=O)N2CCOCC2)c2ccccc2)CC1. The van der Waals surface area contributed by atoms with Crippen LogP contribution in [-0.4, -0.2) is 79.0 Å². The second-order valence-corrected chi connectivity index (χ2v) is 8.00. The van der Waals surface area contributed by atoms with Crippen molar-refractivity contribution < 1.29 is 14.3 Å². The highest BCUT2D eigenvalue weighted by Gasteiger charge is 2.34. The molecule has 1 aromatic carbocycles. The number of carbonyl (C=O) groups is 2. The topological polar surface area (TPSA) is 53.1 Å². The number of hydrogen-bond donors (Lipinski definition) is 0. The number of piperazine rings is 1. The van der Waals surface area contributed by atoms with Gasteiger partial charge < -0.3 is 14.5 Å². The van der Waals surface area contributed by atoms with Gasteiger partial charge in [0, 0.05) is 39.3 Å². The molecule has 0 saturated carbocycles. The molecule has 1 aromatic heterocycles. The minimum absolute atomic E-state index is 0.0883. The monoisotopic (exact) mass is 399 g/mol. The van der Waals surface area contributed by atoms with Crippen molar-refractivity contribution >= 4 is 23.2 Å². The molecule has 2 fully saturated rings. The Bertz CT molecular complexity index is 782. The molecule has 2 amide bonds. The molecule has 3 heterocycles. The average Bonchev–Trinajstić information content (AvgIpc) is 3.30. The van der Waals surface area contributed by atoms with Crippen LogP contribution in [0, 0.1) is 0 Å². The number of amides is 2. The van der Waals surface area contributed by atoms with Gasteiger partial charge in [0.05, 0.1) is 18.1 Å². The van der Waals surface area contributed by atoms with Crippen molar-refractivity contribution in [1.82, 2.24) is 14.7 Å². The van der Waals surface area contributed by atoms with Crippen molar-refractivity contribution in [3.8, 4) is 0 Å². The van der Waals surface area contributed by atoms with Gasteiger partial charge >= 0.3 is 0 Å². The lowest BCUT2D eigenvalue weighted by Crippen LogP contribution is -2.54. The van der Waals surface area contributed by atoms with Crippen LogP contribution in [0.15, 0.2) is 47.8 Å². The van der Waals surface area contributed by atoms with E-state index in [-0.39, 0.29) is 17.9 Å². The van der Waals surface area contributed by atoms with Gasteiger partial charge in [-0.15, -0.1) is 11.3 Å². The molecule has 0 spiro atoms. The molecular formula is C21H25N3O3S. The summed E-state index contributed by atoms with van der Waals surface area (Å²) in [5, 5.41) is 1.93. The number of ether oxygens (including phenoxy) is 1. The lowest BCUT2D eigenvalue weighted by molar-refractivity contribution is -0.142. The van der Waals surface area contributed by atoms with Gasteiger partial charge in [0.1, 0.15) is 6.04 Å². The third-order valence-electron chi connectivity index (χ3n) is 5.37. The molecule has 0 N–H and O–H groups in total. The lowest BCUT2D eigenvalue weighted by atomic mass is 10.0. The van der Waals surface area contributed by atoms with Gasteiger partial charge in [0.15, 0.2) is 0 Å². The zero-order valence-electron chi connectivity index (χ0n) is 15.8. The number of carbonyl (C=O) groups excluding carboxylic acids is 2. The first-order valence-electron chi connectivity index (χ1n) is 9.72. The van der Waals surface area contributed by atoms with Crippen molar-refractivity contribution in [2.75, 3.05) is 52.5 Å². The van der Waals surface area contributed by atoms with Crippen LogP contribution < -0.4 is 0 Å². The van der Waals surface area contributed by atoms with Gasteiger partial charge in [-0.05, 0) is 17.0 Å². The van der Waals surface area contributed by atoms with E-state index in [4.69, 9.17) is 4.74 Å². The Balaban J connectivity index is 1.48.